The van der Waals surface area contributed by atoms with Crippen LogP contribution >= 0.6 is 23.5 Å². The molecule has 2 unspecified atom stereocenters. The standard InChI is InChI=1S/2C40H62O4SSi2/c2*1-28-31(26-33(43-46(10,11)38(3,4)5)27-36(28)44-47(12,13)39(6,7)8)22-21-30-18-17-25-40(9)34(23-24-35(30)40)29(2)45-37(41)42-32-19-15-14-16-20-32/h2*14-16,19-23,29,33,35-36H,1,17-18,24-27H2,2-13H3/b2*30-21+,31-22-/t29-,33+,35?,36-,40+;29-,33-,35?,36+,40-/m01/s1. The number of hydrogen-bond acceptors (Lipinski definition) is 10. The average molecular weight is 1390 g/mol. The minimum atomic E-state index is -2.01. The van der Waals surface area contributed by atoms with Crippen LogP contribution in [0.2, 0.25) is 72.5 Å². The van der Waals surface area contributed by atoms with Crippen LogP contribution in [-0.4, -0.2) is 78.8 Å². The summed E-state index contributed by atoms with van der Waals surface area (Å²) >= 11 is 2.60. The van der Waals surface area contributed by atoms with Crippen molar-refractivity contribution in [2.24, 2.45) is 22.7 Å². The summed E-state index contributed by atoms with van der Waals surface area (Å²) in [5.41, 5.74) is 10.7. The highest BCUT2D eigenvalue weighted by Crippen LogP contribution is 2.59. The summed E-state index contributed by atoms with van der Waals surface area (Å²) in [5.74, 6) is 2.09. The number of allylic oxidation sites excluding steroid dienone is 8. The van der Waals surface area contributed by atoms with Crippen LogP contribution in [0.25, 0.3) is 0 Å². The molecule has 8 rings (SSSR count). The first kappa shape index (κ1) is 78.1. The third-order valence-electron chi connectivity index (χ3n) is 24.0. The summed E-state index contributed by atoms with van der Waals surface area (Å²) in [6, 6.07) is 18.7. The van der Waals surface area contributed by atoms with E-state index < -0.39 is 33.3 Å². The number of carbonyl (C=O) groups excluding carboxylic acids is 2. The fraction of sp³-hybridized carbons (Fsp3) is 0.625. The summed E-state index contributed by atoms with van der Waals surface area (Å²) < 4.78 is 39.5. The second-order valence-corrected chi connectivity index (χ2v) is 56.4. The zero-order valence-electron chi connectivity index (χ0n) is 62.8. The summed E-state index contributed by atoms with van der Waals surface area (Å²) in [4.78, 5) is 25.6. The number of para-hydroxylation sites is 2. The molecule has 6 aliphatic rings. The van der Waals surface area contributed by atoms with E-state index in [1.807, 2.05) is 60.7 Å². The number of benzene rings is 2. The van der Waals surface area contributed by atoms with Gasteiger partial charge in [0.25, 0.3) is 0 Å². The van der Waals surface area contributed by atoms with Gasteiger partial charge in [-0.25, -0.2) is 9.59 Å². The Kier molecular flexibility index (Phi) is 25.1. The molecule has 2 aromatic rings. The number of ether oxygens (including phenoxy) is 2. The molecule has 94 heavy (non-hydrogen) atoms. The quantitative estimate of drug-likeness (QED) is 0.0920. The number of carbonyl (C=O) groups is 2. The molecule has 2 aromatic carbocycles. The second-order valence-electron chi connectivity index (χ2n) is 34.8. The van der Waals surface area contributed by atoms with Crippen LogP contribution in [0.4, 0.5) is 9.59 Å². The molecule has 0 saturated heterocycles. The second kappa shape index (κ2) is 30.3. The van der Waals surface area contributed by atoms with E-state index in [0.717, 1.165) is 88.2 Å². The van der Waals surface area contributed by atoms with Gasteiger partial charge in [0.1, 0.15) is 11.5 Å². The highest BCUT2D eigenvalue weighted by atomic mass is 32.2. The fourth-order valence-corrected chi connectivity index (χ4v) is 21.3. The van der Waals surface area contributed by atoms with Crippen LogP contribution in [0.15, 0.2) is 155 Å². The summed E-state index contributed by atoms with van der Waals surface area (Å²) in [7, 11) is -7.95. The van der Waals surface area contributed by atoms with Crippen LogP contribution in [0.5, 0.6) is 11.5 Å². The van der Waals surface area contributed by atoms with Gasteiger partial charge < -0.3 is 27.2 Å². The summed E-state index contributed by atoms with van der Waals surface area (Å²) in [6.45, 7) is 65.1. The van der Waals surface area contributed by atoms with Gasteiger partial charge >= 0.3 is 10.6 Å². The highest BCUT2D eigenvalue weighted by Gasteiger charge is 2.51. The van der Waals surface area contributed by atoms with E-state index in [-0.39, 0.29) is 76.5 Å². The number of thioether (sulfide) groups is 2. The van der Waals surface area contributed by atoms with Crippen LogP contribution in [0, 0.1) is 22.7 Å². The minimum Gasteiger partial charge on any atom is -0.418 e. The highest BCUT2D eigenvalue weighted by molar-refractivity contribution is 8.14. The number of fused-ring (bicyclic) bond motifs is 2. The Bertz CT molecular complexity index is 3000. The van der Waals surface area contributed by atoms with Crippen molar-refractivity contribution in [3.05, 3.63) is 155 Å². The van der Waals surface area contributed by atoms with Crippen LogP contribution in [0.3, 0.4) is 0 Å². The molecule has 0 bridgehead atoms. The molecule has 8 nitrogen and oxygen atoms in total. The maximum absolute atomic E-state index is 12.8. The van der Waals surface area contributed by atoms with Gasteiger partial charge in [0.2, 0.25) is 0 Å². The molecule has 0 amide bonds. The van der Waals surface area contributed by atoms with E-state index in [4.69, 9.17) is 27.2 Å². The predicted octanol–water partition coefficient (Wildman–Crippen LogP) is 24.9. The average Bonchev–Trinajstić information content (AvgIpc) is 1.57. The van der Waals surface area contributed by atoms with Gasteiger partial charge in [-0.05, 0) is 243 Å². The van der Waals surface area contributed by atoms with Crippen molar-refractivity contribution in [1.29, 1.82) is 0 Å². The molecular weight excluding hydrogens is 1270 g/mol. The Morgan fingerprint density at radius 2 is 0.809 bits per heavy atom. The third kappa shape index (κ3) is 18.8. The Labute approximate surface area is 584 Å². The van der Waals surface area contributed by atoms with Gasteiger partial charge in [-0.3, -0.25) is 0 Å². The maximum atomic E-state index is 12.8. The Morgan fingerprint density at radius 1 is 0.500 bits per heavy atom. The smallest absolute Gasteiger partial charge is 0.373 e. The maximum Gasteiger partial charge on any atom is 0.373 e. The topological polar surface area (TPSA) is 89.5 Å². The van der Waals surface area contributed by atoms with Gasteiger partial charge in [0, 0.05) is 23.3 Å². The zero-order chi connectivity index (χ0) is 70.0. The molecule has 0 aliphatic heterocycles. The van der Waals surface area contributed by atoms with Gasteiger partial charge in [-0.2, -0.15) is 0 Å². The monoisotopic (exact) mass is 1390 g/mol. The lowest BCUT2D eigenvalue weighted by molar-refractivity contribution is 0.0965. The van der Waals surface area contributed by atoms with Crippen molar-refractivity contribution in [2.75, 3.05) is 0 Å². The number of hydrogen-bond donors (Lipinski definition) is 0. The Balaban J connectivity index is 0.000000266. The first-order valence-corrected chi connectivity index (χ1v) is 48.9. The summed E-state index contributed by atoms with van der Waals surface area (Å²) in [5, 5.41) is 0.199. The molecule has 520 valence electrons. The van der Waals surface area contributed by atoms with E-state index in [1.54, 1.807) is 0 Å². The lowest BCUT2D eigenvalue weighted by atomic mass is 9.64. The van der Waals surface area contributed by atoms with E-state index in [0.29, 0.717) is 23.3 Å². The van der Waals surface area contributed by atoms with Crippen molar-refractivity contribution in [2.45, 2.75) is 295 Å². The van der Waals surface area contributed by atoms with E-state index in [2.05, 4.69) is 213 Å². The van der Waals surface area contributed by atoms with Crippen molar-refractivity contribution in [3.8, 4) is 11.5 Å². The summed E-state index contributed by atoms with van der Waals surface area (Å²) in [6.07, 6.45) is 27.0. The molecule has 14 heteroatoms. The molecule has 0 aromatic heterocycles. The molecular formula is C80H124O8S2Si4. The molecule has 0 N–H and O–H groups in total. The van der Waals surface area contributed by atoms with Crippen molar-refractivity contribution >= 4 is 67.4 Å². The van der Waals surface area contributed by atoms with E-state index >= 15 is 0 Å². The zero-order valence-corrected chi connectivity index (χ0v) is 68.5. The molecule has 0 radical (unpaired) electrons. The van der Waals surface area contributed by atoms with Crippen LogP contribution < -0.4 is 9.47 Å². The molecule has 4 saturated carbocycles. The molecule has 4 fully saturated rings. The molecule has 0 spiro atoms. The SMILES string of the molecule is C=C1/C(=C\C=C2/CCC[C@]3(C)C([C@@H](C)SC(=O)Oc4ccccc4)=CCC23)C[C@@H](O[Si](C)(C)C(C)(C)C)C[C@@H]1O[Si](C)(C)C(C)(C)C.C=C1/C(=C\C=C2/CCC[C@]3(C)C([C@H](C)SC(=O)Oc4ccccc4)=CCC23)C[C@@H](O[Si](C)(C)C(C)(C)C)C[C@@H]1O[Si](C)(C)C(C)(C)C. The Morgan fingerprint density at radius 3 is 1.12 bits per heavy atom. The predicted molar refractivity (Wildman–Crippen MR) is 413 cm³/mol. The van der Waals surface area contributed by atoms with E-state index in [9.17, 15) is 9.59 Å². The van der Waals surface area contributed by atoms with Gasteiger partial charge in [-0.1, -0.05) is 205 Å². The molecule has 0 heterocycles. The first-order valence-electron chi connectivity index (χ1n) is 35.5. The van der Waals surface area contributed by atoms with Gasteiger partial charge in [-0.15, -0.1) is 0 Å². The third-order valence-corrected chi connectivity index (χ3v) is 43.8. The van der Waals surface area contributed by atoms with Crippen molar-refractivity contribution in [1.82, 2.24) is 0 Å². The molecule has 6 aliphatic carbocycles. The normalized spacial score (nSPS) is 28.3. The Hall–Kier alpha value is -3.29. The van der Waals surface area contributed by atoms with Gasteiger partial charge in [0.05, 0.1) is 24.4 Å². The minimum absolute atomic E-state index is 0.0195. The lowest BCUT2D eigenvalue weighted by Crippen LogP contribution is -2.49. The fourth-order valence-electron chi connectivity index (χ4n) is 14.1. The van der Waals surface area contributed by atoms with Crippen molar-refractivity contribution < 1.29 is 36.8 Å². The van der Waals surface area contributed by atoms with E-state index in [1.165, 1.54) is 57.0 Å². The lowest BCUT2D eigenvalue weighted by Gasteiger charge is -2.45. The van der Waals surface area contributed by atoms with Crippen LogP contribution in [0.1, 0.15) is 188 Å². The first-order chi connectivity index (χ1) is 43.3. The van der Waals surface area contributed by atoms with Crippen molar-refractivity contribution in [3.63, 3.8) is 0 Å². The van der Waals surface area contributed by atoms with Crippen LogP contribution in [-0.2, 0) is 17.7 Å². The largest absolute Gasteiger partial charge is 0.418 e. The number of rotatable bonds is 16. The van der Waals surface area contributed by atoms with Gasteiger partial charge in [0.15, 0.2) is 33.3 Å². The molecule has 10 atom stereocenters.